The lowest BCUT2D eigenvalue weighted by molar-refractivity contribution is 1.18. The Balaban J connectivity index is 1.28. The fraction of sp³-hybridized carbons (Fsp3) is 0. The Kier molecular flexibility index (Phi) is 7.79. The Morgan fingerprint density at radius 2 is 0.625 bits per heavy atom. The highest BCUT2D eigenvalue weighted by Gasteiger charge is 2.14. The van der Waals surface area contributed by atoms with Crippen LogP contribution in [0.15, 0.2) is 171 Å². The monoisotopic (exact) mass is 616 g/mol. The van der Waals surface area contributed by atoms with Gasteiger partial charge in [0.25, 0.3) is 0 Å². The largest absolute Gasteiger partial charge is 0.264 e. The summed E-state index contributed by atoms with van der Waals surface area (Å²) in [6.45, 7) is 0. The molecular formula is C42H28N6. The topological polar surface area (TPSA) is 77.3 Å². The minimum absolute atomic E-state index is 0.645. The molecule has 5 aromatic heterocycles. The molecule has 0 N–H and O–H groups in total. The van der Waals surface area contributed by atoms with Crippen molar-refractivity contribution in [3.8, 4) is 78.4 Å². The molecule has 0 aliphatic carbocycles. The summed E-state index contributed by atoms with van der Waals surface area (Å²) >= 11 is 0. The minimum Gasteiger partial charge on any atom is -0.264 e. The highest BCUT2D eigenvalue weighted by atomic mass is 14.9. The number of hydrogen-bond acceptors (Lipinski definition) is 6. The molecule has 0 amide bonds. The zero-order chi connectivity index (χ0) is 32.1. The van der Waals surface area contributed by atoms with Crippen LogP contribution in [0.1, 0.15) is 0 Å². The lowest BCUT2D eigenvalue weighted by atomic mass is 9.95. The highest BCUT2D eigenvalue weighted by Crippen LogP contribution is 2.35. The van der Waals surface area contributed by atoms with Gasteiger partial charge in [0.1, 0.15) is 0 Å². The van der Waals surface area contributed by atoms with E-state index in [9.17, 15) is 0 Å². The Labute approximate surface area is 278 Å². The molecule has 0 spiro atoms. The molecule has 5 heterocycles. The predicted octanol–water partition coefficient (Wildman–Crippen LogP) is 9.73. The number of benzene rings is 3. The molecule has 0 saturated carbocycles. The molecule has 0 aliphatic rings. The van der Waals surface area contributed by atoms with Crippen molar-refractivity contribution in [2.75, 3.05) is 0 Å². The summed E-state index contributed by atoms with van der Waals surface area (Å²) in [5, 5.41) is 0. The van der Waals surface area contributed by atoms with Crippen LogP contribution in [0.2, 0.25) is 0 Å². The fourth-order valence-electron chi connectivity index (χ4n) is 5.76. The van der Waals surface area contributed by atoms with Crippen molar-refractivity contribution in [2.24, 2.45) is 0 Å². The van der Waals surface area contributed by atoms with E-state index in [0.717, 1.165) is 72.6 Å². The molecule has 8 rings (SSSR count). The van der Waals surface area contributed by atoms with E-state index in [-0.39, 0.29) is 0 Å². The first-order valence-corrected chi connectivity index (χ1v) is 15.6. The Hall–Kier alpha value is -6.66. The molecule has 0 unspecified atom stereocenters. The van der Waals surface area contributed by atoms with Gasteiger partial charge in [0, 0.05) is 77.4 Å². The molecule has 226 valence electrons. The van der Waals surface area contributed by atoms with Crippen molar-refractivity contribution >= 4 is 0 Å². The zero-order valence-corrected chi connectivity index (χ0v) is 25.8. The highest BCUT2D eigenvalue weighted by molar-refractivity contribution is 5.82. The average Bonchev–Trinajstić information content (AvgIpc) is 3.19. The van der Waals surface area contributed by atoms with E-state index in [1.54, 1.807) is 24.8 Å². The first-order chi connectivity index (χ1) is 23.8. The van der Waals surface area contributed by atoms with Crippen LogP contribution < -0.4 is 0 Å². The van der Waals surface area contributed by atoms with Gasteiger partial charge in [0.15, 0.2) is 5.82 Å². The SMILES string of the molecule is c1cncc(-c2ccc(-c3cc(-c4cc(-c5cccnc5)cc(-c5cccnc5)c4)nc(-c4ccc(-c5cccnc5)cc4)n3)cc2)c1. The maximum Gasteiger partial charge on any atom is 0.160 e. The quantitative estimate of drug-likeness (QED) is 0.177. The van der Waals surface area contributed by atoms with Crippen molar-refractivity contribution in [1.29, 1.82) is 0 Å². The van der Waals surface area contributed by atoms with Crippen LogP contribution in [-0.2, 0) is 0 Å². The Morgan fingerprint density at radius 3 is 1.04 bits per heavy atom. The van der Waals surface area contributed by atoms with E-state index in [2.05, 4.69) is 117 Å². The van der Waals surface area contributed by atoms with Crippen LogP contribution in [0.4, 0.5) is 0 Å². The molecule has 0 bridgehead atoms. The predicted molar refractivity (Wildman–Crippen MR) is 191 cm³/mol. The molecule has 8 aromatic rings. The molecule has 6 nitrogen and oxygen atoms in total. The molecule has 0 radical (unpaired) electrons. The van der Waals surface area contributed by atoms with Gasteiger partial charge in [0.2, 0.25) is 0 Å². The molecule has 0 aliphatic heterocycles. The van der Waals surface area contributed by atoms with E-state index in [0.29, 0.717) is 5.82 Å². The summed E-state index contributed by atoms with van der Waals surface area (Å²) < 4.78 is 0. The number of rotatable bonds is 7. The summed E-state index contributed by atoms with van der Waals surface area (Å²) in [5.74, 6) is 0.645. The van der Waals surface area contributed by atoms with E-state index < -0.39 is 0 Å². The lowest BCUT2D eigenvalue weighted by Crippen LogP contribution is -1.97. The van der Waals surface area contributed by atoms with Gasteiger partial charge in [-0.2, -0.15) is 0 Å². The van der Waals surface area contributed by atoms with Crippen molar-refractivity contribution in [3.05, 3.63) is 171 Å². The van der Waals surface area contributed by atoms with Gasteiger partial charge in [0.05, 0.1) is 11.4 Å². The van der Waals surface area contributed by atoms with Crippen LogP contribution in [0.5, 0.6) is 0 Å². The van der Waals surface area contributed by atoms with Crippen LogP contribution in [0, 0.1) is 0 Å². The second-order valence-corrected chi connectivity index (χ2v) is 11.4. The van der Waals surface area contributed by atoms with Gasteiger partial charge in [-0.3, -0.25) is 19.9 Å². The van der Waals surface area contributed by atoms with Crippen LogP contribution in [-0.4, -0.2) is 29.9 Å². The zero-order valence-electron chi connectivity index (χ0n) is 25.8. The smallest absolute Gasteiger partial charge is 0.160 e. The number of hydrogen-bond donors (Lipinski definition) is 0. The van der Waals surface area contributed by atoms with Crippen LogP contribution >= 0.6 is 0 Å². The molecule has 0 fully saturated rings. The Morgan fingerprint density at radius 1 is 0.271 bits per heavy atom. The normalized spacial score (nSPS) is 10.9. The van der Waals surface area contributed by atoms with Crippen LogP contribution in [0.3, 0.4) is 0 Å². The molecule has 0 atom stereocenters. The van der Waals surface area contributed by atoms with Crippen molar-refractivity contribution in [2.45, 2.75) is 0 Å². The third-order valence-electron chi connectivity index (χ3n) is 8.26. The van der Waals surface area contributed by atoms with E-state index in [4.69, 9.17) is 9.97 Å². The molecule has 3 aromatic carbocycles. The summed E-state index contributed by atoms with van der Waals surface area (Å²) in [7, 11) is 0. The molecule has 0 saturated heterocycles. The van der Waals surface area contributed by atoms with Gasteiger partial charge < -0.3 is 0 Å². The third kappa shape index (κ3) is 6.10. The third-order valence-corrected chi connectivity index (χ3v) is 8.26. The van der Waals surface area contributed by atoms with E-state index >= 15 is 0 Å². The Bertz CT molecular complexity index is 2130. The van der Waals surface area contributed by atoms with Crippen LogP contribution in [0.25, 0.3) is 78.4 Å². The molecule has 48 heavy (non-hydrogen) atoms. The summed E-state index contributed by atoms with van der Waals surface area (Å²) in [5.41, 5.74) is 13.0. The second kappa shape index (κ2) is 13.0. The first kappa shape index (κ1) is 28.8. The van der Waals surface area contributed by atoms with Gasteiger partial charge >= 0.3 is 0 Å². The maximum atomic E-state index is 5.17. The number of nitrogens with zero attached hydrogens (tertiary/aromatic N) is 6. The number of pyridine rings is 4. The first-order valence-electron chi connectivity index (χ1n) is 15.6. The molecule has 6 heteroatoms. The number of aromatic nitrogens is 6. The van der Waals surface area contributed by atoms with Crippen molar-refractivity contribution in [3.63, 3.8) is 0 Å². The van der Waals surface area contributed by atoms with Crippen molar-refractivity contribution in [1.82, 2.24) is 29.9 Å². The summed E-state index contributed by atoms with van der Waals surface area (Å²) in [6.07, 6.45) is 14.7. The maximum absolute atomic E-state index is 5.17. The van der Waals surface area contributed by atoms with E-state index in [1.165, 1.54) is 0 Å². The fourth-order valence-corrected chi connectivity index (χ4v) is 5.76. The van der Waals surface area contributed by atoms with Crippen molar-refractivity contribution < 1.29 is 0 Å². The van der Waals surface area contributed by atoms with E-state index in [1.807, 2.05) is 49.1 Å². The standard InChI is InChI=1S/C42H28N6/c1-5-33(25-43-17-1)29-9-13-31(14-10-29)40-24-41(48-42(47-40)32-15-11-30(12-16-32)34-6-2-18-44-26-34)39-22-37(35-7-3-19-45-27-35)21-38(23-39)36-8-4-20-46-28-36/h1-28H. The van der Waals surface area contributed by atoms with Gasteiger partial charge in [-0.15, -0.1) is 0 Å². The minimum atomic E-state index is 0.645. The van der Waals surface area contributed by atoms with Gasteiger partial charge in [-0.1, -0.05) is 72.8 Å². The summed E-state index contributed by atoms with van der Waals surface area (Å²) in [6, 6.07) is 41.4. The van der Waals surface area contributed by atoms with Gasteiger partial charge in [-0.05, 0) is 81.9 Å². The molecular weight excluding hydrogens is 589 g/mol. The average molecular weight is 617 g/mol. The second-order valence-electron chi connectivity index (χ2n) is 11.4. The lowest BCUT2D eigenvalue weighted by Gasteiger charge is -2.13. The summed E-state index contributed by atoms with van der Waals surface area (Å²) in [4.78, 5) is 27.6. The van der Waals surface area contributed by atoms with Gasteiger partial charge in [-0.25, -0.2) is 9.97 Å².